The largest absolute Gasteiger partial charge is 0.463 e. The Morgan fingerprint density at radius 1 is 1.00 bits per heavy atom. The van der Waals surface area contributed by atoms with Crippen LogP contribution in [0, 0.1) is 0 Å². The first-order valence-corrected chi connectivity index (χ1v) is 5.62. The Morgan fingerprint density at radius 2 is 1.53 bits per heavy atom. The second kappa shape index (κ2) is 6.48. The van der Waals surface area contributed by atoms with Gasteiger partial charge in [0.2, 0.25) is 0 Å². The van der Waals surface area contributed by atoms with Gasteiger partial charge in [-0.15, -0.1) is 0 Å². The average Bonchev–Trinajstić information content (AvgIpc) is 2.53. The lowest BCUT2D eigenvalue weighted by atomic mass is 10.1. The molecule has 0 aromatic rings. The van der Waals surface area contributed by atoms with Crippen molar-refractivity contribution in [1.29, 1.82) is 0 Å². The van der Waals surface area contributed by atoms with Gasteiger partial charge >= 0.3 is 17.9 Å². The third kappa shape index (κ3) is 4.49. The van der Waals surface area contributed by atoms with Crippen molar-refractivity contribution < 1.29 is 38.4 Å². The summed E-state index contributed by atoms with van der Waals surface area (Å²) in [5, 5.41) is 9.63. The summed E-state index contributed by atoms with van der Waals surface area (Å²) in [6.07, 6.45) is -4.53. The minimum atomic E-state index is -1.45. The molecule has 0 saturated carbocycles. The molecule has 19 heavy (non-hydrogen) atoms. The first kappa shape index (κ1) is 15.4. The quantitative estimate of drug-likeness (QED) is 0.521. The van der Waals surface area contributed by atoms with E-state index in [-0.39, 0.29) is 6.61 Å². The van der Waals surface area contributed by atoms with Crippen LogP contribution in [0.25, 0.3) is 0 Å². The summed E-state index contributed by atoms with van der Waals surface area (Å²) >= 11 is 0. The van der Waals surface area contributed by atoms with Gasteiger partial charge in [-0.05, 0) is 0 Å². The van der Waals surface area contributed by atoms with Crippen LogP contribution < -0.4 is 0 Å². The van der Waals surface area contributed by atoms with Gasteiger partial charge in [0.05, 0.1) is 0 Å². The molecule has 8 heteroatoms. The van der Waals surface area contributed by atoms with E-state index in [1.54, 1.807) is 0 Å². The smallest absolute Gasteiger partial charge is 0.303 e. The molecule has 0 aromatic carbocycles. The highest BCUT2D eigenvalue weighted by Crippen LogP contribution is 2.26. The van der Waals surface area contributed by atoms with Gasteiger partial charge in [0.25, 0.3) is 0 Å². The predicted octanol–water partition coefficient (Wildman–Crippen LogP) is -0.870. The molecule has 4 atom stereocenters. The van der Waals surface area contributed by atoms with Crippen LogP contribution in [0.2, 0.25) is 0 Å². The number of carbonyl (C=O) groups is 3. The van der Waals surface area contributed by atoms with Gasteiger partial charge in [0.15, 0.2) is 18.5 Å². The lowest BCUT2D eigenvalue weighted by Gasteiger charge is -2.21. The van der Waals surface area contributed by atoms with E-state index in [2.05, 4.69) is 0 Å². The molecular weight excluding hydrogens is 260 g/mol. The number of hydrogen-bond donors (Lipinski definition) is 1. The van der Waals surface area contributed by atoms with Crippen molar-refractivity contribution in [2.24, 2.45) is 0 Å². The van der Waals surface area contributed by atoms with E-state index in [1.165, 1.54) is 13.8 Å². The van der Waals surface area contributed by atoms with E-state index in [1.807, 2.05) is 0 Å². The molecule has 1 N–H and O–H groups in total. The monoisotopic (exact) mass is 276 g/mol. The Hall–Kier alpha value is -1.67. The third-order valence-electron chi connectivity index (χ3n) is 2.34. The Bertz CT molecular complexity index is 366. The summed E-state index contributed by atoms with van der Waals surface area (Å²) < 4.78 is 19.6. The van der Waals surface area contributed by atoms with Gasteiger partial charge < -0.3 is 24.1 Å². The highest BCUT2D eigenvalue weighted by Gasteiger charge is 2.48. The number of hydrogen-bond acceptors (Lipinski definition) is 8. The van der Waals surface area contributed by atoms with Crippen molar-refractivity contribution in [2.45, 2.75) is 45.4 Å². The van der Waals surface area contributed by atoms with Crippen molar-refractivity contribution >= 4 is 17.9 Å². The minimum absolute atomic E-state index is 0.220. The van der Waals surface area contributed by atoms with Crippen LogP contribution in [0.15, 0.2) is 0 Å². The van der Waals surface area contributed by atoms with E-state index in [4.69, 9.17) is 18.9 Å². The molecule has 1 heterocycles. The maximum atomic E-state index is 11.0. The molecular formula is C11H16O8. The zero-order valence-electron chi connectivity index (χ0n) is 10.8. The molecule has 0 amide bonds. The fourth-order valence-electron chi connectivity index (χ4n) is 1.69. The van der Waals surface area contributed by atoms with Crippen molar-refractivity contribution in [1.82, 2.24) is 0 Å². The number of rotatable bonds is 4. The van der Waals surface area contributed by atoms with E-state index in [0.717, 1.165) is 6.92 Å². The molecule has 8 nitrogen and oxygen atoms in total. The molecule has 1 aliphatic heterocycles. The molecule has 0 radical (unpaired) electrons. The number of aliphatic hydroxyl groups excluding tert-OH is 1. The summed E-state index contributed by atoms with van der Waals surface area (Å²) in [5.41, 5.74) is 0. The highest BCUT2D eigenvalue weighted by atomic mass is 16.7. The van der Waals surface area contributed by atoms with E-state index in [0.29, 0.717) is 0 Å². The Balaban J connectivity index is 2.76. The predicted molar refractivity (Wildman–Crippen MR) is 58.6 cm³/mol. The van der Waals surface area contributed by atoms with Crippen LogP contribution >= 0.6 is 0 Å². The van der Waals surface area contributed by atoms with Gasteiger partial charge in [0.1, 0.15) is 12.7 Å². The Kier molecular flexibility index (Phi) is 5.25. The zero-order valence-corrected chi connectivity index (χ0v) is 10.8. The molecule has 0 bridgehead atoms. The van der Waals surface area contributed by atoms with E-state index in [9.17, 15) is 19.5 Å². The van der Waals surface area contributed by atoms with Crippen molar-refractivity contribution in [3.8, 4) is 0 Å². The van der Waals surface area contributed by atoms with Crippen LogP contribution in [0.3, 0.4) is 0 Å². The molecule has 0 aromatic heterocycles. The average molecular weight is 276 g/mol. The van der Waals surface area contributed by atoms with Crippen LogP contribution in [0.4, 0.5) is 0 Å². The molecule has 1 unspecified atom stereocenters. The first-order valence-electron chi connectivity index (χ1n) is 5.62. The van der Waals surface area contributed by atoms with E-state index >= 15 is 0 Å². The van der Waals surface area contributed by atoms with E-state index < -0.39 is 42.5 Å². The summed E-state index contributed by atoms with van der Waals surface area (Å²) in [5.74, 6) is -1.83. The summed E-state index contributed by atoms with van der Waals surface area (Å²) in [6.45, 7) is 3.30. The molecule has 1 rings (SSSR count). The van der Waals surface area contributed by atoms with Gasteiger partial charge in [-0.3, -0.25) is 14.4 Å². The van der Waals surface area contributed by atoms with Crippen LogP contribution in [-0.4, -0.2) is 54.2 Å². The van der Waals surface area contributed by atoms with Gasteiger partial charge in [0, 0.05) is 20.8 Å². The molecule has 1 aliphatic rings. The van der Waals surface area contributed by atoms with Crippen molar-refractivity contribution in [3.05, 3.63) is 0 Å². The molecule has 108 valence electrons. The van der Waals surface area contributed by atoms with Crippen molar-refractivity contribution in [2.75, 3.05) is 6.61 Å². The third-order valence-corrected chi connectivity index (χ3v) is 2.34. The summed E-state index contributed by atoms with van der Waals surface area (Å²) in [4.78, 5) is 32.7. The summed E-state index contributed by atoms with van der Waals surface area (Å²) in [7, 11) is 0. The molecule has 0 spiro atoms. The molecule has 1 fully saturated rings. The minimum Gasteiger partial charge on any atom is -0.463 e. The van der Waals surface area contributed by atoms with Crippen LogP contribution in [0.1, 0.15) is 20.8 Å². The summed E-state index contributed by atoms with van der Waals surface area (Å²) in [6, 6.07) is 0. The zero-order chi connectivity index (χ0) is 14.6. The lowest BCUT2D eigenvalue weighted by Crippen LogP contribution is -2.41. The van der Waals surface area contributed by atoms with Crippen molar-refractivity contribution in [3.63, 3.8) is 0 Å². The second-order valence-corrected chi connectivity index (χ2v) is 4.02. The maximum Gasteiger partial charge on any atom is 0.303 e. The fraction of sp³-hybridized carbons (Fsp3) is 0.727. The van der Waals surface area contributed by atoms with Gasteiger partial charge in [-0.2, -0.15) is 0 Å². The SMILES string of the molecule is CC(=O)OC[C@@H]1OC(O)[C@H](OC(C)=O)[C@@H]1OC(C)=O. The molecule has 0 aliphatic carbocycles. The highest BCUT2D eigenvalue weighted by molar-refractivity contribution is 5.67. The number of carbonyl (C=O) groups excluding carboxylic acids is 3. The maximum absolute atomic E-state index is 11.0. The topological polar surface area (TPSA) is 108 Å². The van der Waals surface area contributed by atoms with Crippen LogP contribution in [0.5, 0.6) is 0 Å². The lowest BCUT2D eigenvalue weighted by molar-refractivity contribution is -0.174. The molecule has 1 saturated heterocycles. The number of ether oxygens (including phenoxy) is 4. The van der Waals surface area contributed by atoms with Crippen LogP contribution in [-0.2, 0) is 33.3 Å². The first-order chi connectivity index (χ1) is 8.81. The Morgan fingerprint density at radius 3 is 2.00 bits per heavy atom. The number of aliphatic hydroxyl groups is 1. The Labute approximate surface area is 109 Å². The number of esters is 3. The van der Waals surface area contributed by atoms with Gasteiger partial charge in [-0.25, -0.2) is 0 Å². The van der Waals surface area contributed by atoms with Gasteiger partial charge in [-0.1, -0.05) is 0 Å². The fourth-order valence-corrected chi connectivity index (χ4v) is 1.69. The standard InChI is InChI=1S/C11H16O8/c1-5(12)16-4-8-9(17-6(2)13)10(11(15)19-8)18-7(3)14/h8-11,15H,4H2,1-3H3/t8-,9+,10+,11?/m0/s1. The second-order valence-electron chi connectivity index (χ2n) is 4.02. The normalized spacial score (nSPS) is 29.7.